The predicted octanol–water partition coefficient (Wildman–Crippen LogP) is 3.23. The zero-order valence-electron chi connectivity index (χ0n) is 10.8. The van der Waals surface area contributed by atoms with Crippen molar-refractivity contribution in [3.8, 4) is 0 Å². The largest absolute Gasteiger partial charge is 0.393 e. The van der Waals surface area contributed by atoms with Crippen molar-refractivity contribution in [2.24, 2.45) is 0 Å². The maximum Gasteiger partial charge on any atom is 0.0854 e. The molecule has 1 unspecified atom stereocenters. The van der Waals surface area contributed by atoms with Crippen LogP contribution in [0.15, 0.2) is 0 Å². The fraction of sp³-hybridized carbons (Fsp3) is 1.00. The third kappa shape index (κ3) is 13.7. The molecular formula is C12H26O5. The van der Waals surface area contributed by atoms with E-state index in [-0.39, 0.29) is 6.10 Å². The molecule has 0 aromatic rings. The Kier molecular flexibility index (Phi) is 13.7. The molecular weight excluding hydrogens is 224 g/mol. The molecule has 0 radical (unpaired) electrons. The topological polar surface area (TPSA) is 68.2 Å². The average Bonchev–Trinajstić information content (AvgIpc) is 2.34. The monoisotopic (exact) mass is 250 g/mol. The van der Waals surface area contributed by atoms with Gasteiger partial charge in [0, 0.05) is 0 Å². The highest BCUT2D eigenvalue weighted by atomic mass is 17.6. The van der Waals surface area contributed by atoms with Crippen LogP contribution in [-0.4, -0.2) is 23.1 Å². The number of hydrogen-bond acceptors (Lipinski definition) is 5. The highest BCUT2D eigenvalue weighted by Crippen LogP contribution is 2.11. The van der Waals surface area contributed by atoms with Crippen LogP contribution in [0.25, 0.3) is 0 Å². The third-order valence-electron chi connectivity index (χ3n) is 2.73. The number of aliphatic hydroxyl groups excluding tert-OH is 1. The molecule has 0 saturated carbocycles. The van der Waals surface area contributed by atoms with Crippen molar-refractivity contribution >= 4 is 0 Å². The van der Waals surface area contributed by atoms with E-state index in [1.54, 1.807) is 0 Å². The lowest BCUT2D eigenvalue weighted by molar-refractivity contribution is -0.623. The fourth-order valence-corrected chi connectivity index (χ4v) is 1.71. The van der Waals surface area contributed by atoms with Gasteiger partial charge in [-0.15, -0.1) is 0 Å². The van der Waals surface area contributed by atoms with Gasteiger partial charge in [-0.25, -0.2) is 10.1 Å². The quantitative estimate of drug-likeness (QED) is 0.298. The first-order valence-electron chi connectivity index (χ1n) is 6.59. The van der Waals surface area contributed by atoms with Crippen molar-refractivity contribution in [3.63, 3.8) is 0 Å². The predicted molar refractivity (Wildman–Crippen MR) is 64.0 cm³/mol. The summed E-state index contributed by atoms with van der Waals surface area (Å²) in [6.45, 7) is 2.56. The first-order valence-corrected chi connectivity index (χ1v) is 6.59. The molecule has 0 heterocycles. The third-order valence-corrected chi connectivity index (χ3v) is 2.73. The van der Waals surface area contributed by atoms with E-state index >= 15 is 0 Å². The van der Waals surface area contributed by atoms with Gasteiger partial charge in [0.15, 0.2) is 0 Å². The van der Waals surface area contributed by atoms with Crippen LogP contribution < -0.4 is 0 Å². The molecule has 0 aliphatic carbocycles. The lowest BCUT2D eigenvalue weighted by Gasteiger charge is -2.09. The van der Waals surface area contributed by atoms with Crippen LogP contribution in [0.4, 0.5) is 0 Å². The van der Waals surface area contributed by atoms with Crippen molar-refractivity contribution in [1.29, 1.82) is 0 Å². The summed E-state index contributed by atoms with van der Waals surface area (Å²) in [6, 6.07) is 0. The molecule has 0 saturated heterocycles. The normalized spacial score (nSPS) is 12.9. The molecule has 0 spiro atoms. The molecule has 5 nitrogen and oxygen atoms in total. The molecule has 0 aliphatic rings. The Morgan fingerprint density at radius 1 is 0.941 bits per heavy atom. The summed E-state index contributed by atoms with van der Waals surface area (Å²) < 4.78 is 0. The van der Waals surface area contributed by atoms with Crippen LogP contribution in [0, 0.1) is 0 Å². The Bertz CT molecular complexity index is 143. The molecule has 2 N–H and O–H groups in total. The van der Waals surface area contributed by atoms with E-state index in [0.29, 0.717) is 6.61 Å². The van der Waals surface area contributed by atoms with Crippen LogP contribution in [0.1, 0.15) is 64.7 Å². The fourth-order valence-electron chi connectivity index (χ4n) is 1.71. The maximum atomic E-state index is 9.61. The number of unbranched alkanes of at least 4 members (excludes halogenated alkanes) is 5. The Labute approximate surface area is 103 Å². The van der Waals surface area contributed by atoms with Gasteiger partial charge in [0.05, 0.1) is 12.7 Å². The van der Waals surface area contributed by atoms with E-state index in [4.69, 9.17) is 5.26 Å². The molecule has 104 valence electrons. The zero-order valence-corrected chi connectivity index (χ0v) is 10.8. The minimum Gasteiger partial charge on any atom is -0.393 e. The van der Waals surface area contributed by atoms with Gasteiger partial charge in [-0.2, -0.15) is 0 Å². The Hall–Kier alpha value is -0.200. The molecule has 17 heavy (non-hydrogen) atoms. The van der Waals surface area contributed by atoms with E-state index in [1.165, 1.54) is 0 Å². The summed E-state index contributed by atoms with van der Waals surface area (Å²) in [5.74, 6) is 0. The van der Waals surface area contributed by atoms with Crippen LogP contribution in [0.5, 0.6) is 0 Å². The van der Waals surface area contributed by atoms with Gasteiger partial charge >= 0.3 is 0 Å². The second kappa shape index (κ2) is 13.9. The highest BCUT2D eigenvalue weighted by molar-refractivity contribution is 4.56. The lowest BCUT2D eigenvalue weighted by atomic mass is 10.0. The number of rotatable bonds is 13. The van der Waals surface area contributed by atoms with Gasteiger partial charge in [0.1, 0.15) is 0 Å². The second-order valence-corrected chi connectivity index (χ2v) is 4.32. The smallest absolute Gasteiger partial charge is 0.0854 e. The molecule has 0 aliphatic heterocycles. The highest BCUT2D eigenvalue weighted by Gasteiger charge is 2.02. The van der Waals surface area contributed by atoms with E-state index in [9.17, 15) is 5.11 Å². The minimum atomic E-state index is -0.117. The van der Waals surface area contributed by atoms with Crippen LogP contribution in [-0.2, 0) is 15.0 Å². The van der Waals surface area contributed by atoms with Crippen molar-refractivity contribution in [3.05, 3.63) is 0 Å². The summed E-state index contributed by atoms with van der Waals surface area (Å²) in [4.78, 5) is 4.46. The van der Waals surface area contributed by atoms with Crippen LogP contribution in [0.2, 0.25) is 0 Å². The van der Waals surface area contributed by atoms with Crippen LogP contribution >= 0.6 is 0 Å². The van der Waals surface area contributed by atoms with Gasteiger partial charge in [-0.1, -0.05) is 45.4 Å². The first kappa shape index (κ1) is 16.8. The summed E-state index contributed by atoms with van der Waals surface area (Å²) in [5.41, 5.74) is 0. The Balaban J connectivity index is 3.02. The lowest BCUT2D eigenvalue weighted by Crippen LogP contribution is -2.05. The summed E-state index contributed by atoms with van der Waals surface area (Å²) >= 11 is 0. The Morgan fingerprint density at radius 2 is 1.59 bits per heavy atom. The number of aliphatic hydroxyl groups is 1. The standard InChI is InChI=1S/C12H26O5/c1-2-3-9-12(13)10-7-5-4-6-8-11-15-17-16-14/h12-14H,2-11H2,1H3. The van der Waals surface area contributed by atoms with Crippen molar-refractivity contribution in [2.45, 2.75) is 70.8 Å². The van der Waals surface area contributed by atoms with E-state index in [0.717, 1.165) is 57.8 Å². The maximum absolute atomic E-state index is 9.61. The average molecular weight is 250 g/mol. The van der Waals surface area contributed by atoms with E-state index < -0.39 is 0 Å². The summed E-state index contributed by atoms with van der Waals surface area (Å²) in [7, 11) is 0. The first-order chi connectivity index (χ1) is 8.31. The van der Waals surface area contributed by atoms with E-state index in [1.807, 2.05) is 0 Å². The van der Waals surface area contributed by atoms with E-state index in [2.05, 4.69) is 21.9 Å². The SMILES string of the molecule is CCCCC(O)CCCCCCCOOOO. The van der Waals surface area contributed by atoms with Gasteiger partial charge in [-0.05, 0) is 29.3 Å². The second-order valence-electron chi connectivity index (χ2n) is 4.32. The summed E-state index contributed by atoms with van der Waals surface area (Å²) in [5, 5.41) is 24.5. The molecule has 0 fully saturated rings. The molecule has 0 bridgehead atoms. The number of hydrogen-bond donors (Lipinski definition) is 2. The van der Waals surface area contributed by atoms with Crippen LogP contribution in [0.3, 0.4) is 0 Å². The van der Waals surface area contributed by atoms with Gasteiger partial charge < -0.3 is 5.11 Å². The van der Waals surface area contributed by atoms with Crippen molar-refractivity contribution in [2.75, 3.05) is 6.61 Å². The molecule has 0 aromatic carbocycles. The van der Waals surface area contributed by atoms with Crippen molar-refractivity contribution < 1.29 is 25.3 Å². The molecule has 5 heteroatoms. The molecule has 0 aromatic heterocycles. The molecule has 0 amide bonds. The minimum absolute atomic E-state index is 0.117. The Morgan fingerprint density at radius 3 is 2.29 bits per heavy atom. The zero-order chi connectivity index (χ0) is 12.8. The van der Waals surface area contributed by atoms with Gasteiger partial charge in [0.25, 0.3) is 0 Å². The van der Waals surface area contributed by atoms with Gasteiger partial charge in [0.2, 0.25) is 0 Å². The summed E-state index contributed by atoms with van der Waals surface area (Å²) in [6.07, 6.45) is 9.28. The molecule has 1 atom stereocenters. The van der Waals surface area contributed by atoms with Gasteiger partial charge in [-0.3, -0.25) is 0 Å². The molecule has 0 rings (SSSR count). The van der Waals surface area contributed by atoms with Crippen molar-refractivity contribution in [1.82, 2.24) is 0 Å².